The predicted octanol–water partition coefficient (Wildman–Crippen LogP) is 3.93. The van der Waals surface area contributed by atoms with Gasteiger partial charge in [-0.1, -0.05) is 11.6 Å². The first-order chi connectivity index (χ1) is 6.61. The van der Waals surface area contributed by atoms with Crippen LogP contribution in [0, 0.1) is 11.6 Å². The van der Waals surface area contributed by atoms with Crippen molar-refractivity contribution in [3.8, 4) is 0 Å². The molecule has 0 aliphatic carbocycles. The third-order valence-electron chi connectivity index (χ3n) is 1.82. The second-order valence-electron chi connectivity index (χ2n) is 2.68. The highest BCUT2D eigenvalue weighted by Gasteiger charge is 2.11. The molecule has 0 saturated carbocycles. The molecule has 0 fully saturated rings. The second kappa shape index (κ2) is 3.44. The Morgan fingerprint density at radius 3 is 2.71 bits per heavy atom. The van der Waals surface area contributed by atoms with Crippen LogP contribution in [0.15, 0.2) is 22.8 Å². The summed E-state index contributed by atoms with van der Waals surface area (Å²) in [5, 5.41) is 0.717. The number of nitrogens with zero attached hydrogens (tertiary/aromatic N) is 1. The highest BCUT2D eigenvalue weighted by atomic mass is 79.9. The monoisotopic (exact) mass is 277 g/mol. The molecule has 5 heteroatoms. The van der Waals surface area contributed by atoms with Gasteiger partial charge in [-0.3, -0.25) is 4.98 Å². The molecular formula is C9H3BrClF2N. The van der Waals surface area contributed by atoms with Crippen molar-refractivity contribution >= 4 is 38.4 Å². The number of fused-ring (bicyclic) bond motifs is 1. The number of benzene rings is 1. The normalized spacial score (nSPS) is 10.9. The van der Waals surface area contributed by atoms with Crippen LogP contribution in [0.3, 0.4) is 0 Å². The minimum absolute atomic E-state index is 0.0572. The van der Waals surface area contributed by atoms with Gasteiger partial charge in [0.15, 0.2) is 11.6 Å². The van der Waals surface area contributed by atoms with Gasteiger partial charge in [-0.2, -0.15) is 0 Å². The van der Waals surface area contributed by atoms with Crippen molar-refractivity contribution in [1.29, 1.82) is 0 Å². The maximum Gasteiger partial charge on any atom is 0.185 e. The van der Waals surface area contributed by atoms with Gasteiger partial charge in [0.25, 0.3) is 0 Å². The Balaban J connectivity index is 2.94. The van der Waals surface area contributed by atoms with Gasteiger partial charge >= 0.3 is 0 Å². The van der Waals surface area contributed by atoms with Crippen molar-refractivity contribution in [2.24, 2.45) is 0 Å². The quantitative estimate of drug-likeness (QED) is 0.711. The largest absolute Gasteiger partial charge is 0.252 e. The van der Waals surface area contributed by atoms with Crippen LogP contribution in [0.4, 0.5) is 8.78 Å². The SMILES string of the molecule is Fc1ccc2c(Cl)c(Br)cnc2c1F. The number of aromatic nitrogens is 1. The molecule has 0 radical (unpaired) electrons. The first-order valence-electron chi connectivity index (χ1n) is 3.69. The van der Waals surface area contributed by atoms with Crippen LogP contribution in [-0.2, 0) is 0 Å². The molecule has 0 spiro atoms. The van der Waals surface area contributed by atoms with E-state index in [-0.39, 0.29) is 5.52 Å². The fraction of sp³-hybridized carbons (Fsp3) is 0. The molecule has 0 aliphatic heterocycles. The predicted molar refractivity (Wildman–Crippen MR) is 54.4 cm³/mol. The molecule has 72 valence electrons. The maximum atomic E-state index is 13.2. The lowest BCUT2D eigenvalue weighted by atomic mass is 10.2. The molecule has 2 aromatic rings. The molecule has 1 heterocycles. The lowest BCUT2D eigenvalue weighted by molar-refractivity contribution is 0.515. The van der Waals surface area contributed by atoms with E-state index in [0.717, 1.165) is 6.07 Å². The fourth-order valence-corrected chi connectivity index (χ4v) is 1.67. The zero-order chi connectivity index (χ0) is 10.3. The van der Waals surface area contributed by atoms with Gasteiger partial charge in [0, 0.05) is 11.6 Å². The summed E-state index contributed by atoms with van der Waals surface area (Å²) in [6, 6.07) is 2.42. The van der Waals surface area contributed by atoms with Gasteiger partial charge in [-0.05, 0) is 28.1 Å². The average Bonchev–Trinajstić information content (AvgIpc) is 2.17. The molecule has 0 saturated heterocycles. The summed E-state index contributed by atoms with van der Waals surface area (Å²) in [6.07, 6.45) is 1.34. The van der Waals surface area contributed by atoms with Crippen molar-refractivity contribution < 1.29 is 8.78 Å². The second-order valence-corrected chi connectivity index (χ2v) is 3.91. The summed E-state index contributed by atoms with van der Waals surface area (Å²) in [5.41, 5.74) is -0.0572. The van der Waals surface area contributed by atoms with Gasteiger partial charge in [0.05, 0.1) is 9.50 Å². The lowest BCUT2D eigenvalue weighted by Crippen LogP contribution is -1.90. The van der Waals surface area contributed by atoms with Crippen LogP contribution in [0.5, 0.6) is 0 Å². The molecule has 2 rings (SSSR count). The van der Waals surface area contributed by atoms with E-state index < -0.39 is 11.6 Å². The Labute approximate surface area is 91.8 Å². The first-order valence-corrected chi connectivity index (χ1v) is 4.86. The molecule has 1 aromatic heterocycles. The lowest BCUT2D eigenvalue weighted by Gasteiger charge is -2.02. The van der Waals surface area contributed by atoms with Crippen molar-refractivity contribution in [3.05, 3.63) is 39.5 Å². The third-order valence-corrected chi connectivity index (χ3v) is 3.06. The minimum Gasteiger partial charge on any atom is -0.252 e. The van der Waals surface area contributed by atoms with E-state index in [2.05, 4.69) is 20.9 Å². The third kappa shape index (κ3) is 1.38. The van der Waals surface area contributed by atoms with E-state index in [0.29, 0.717) is 14.9 Å². The van der Waals surface area contributed by atoms with E-state index in [1.165, 1.54) is 12.3 Å². The Bertz CT molecular complexity index is 468. The standard InChI is InChI=1S/C9H3BrClF2N/c10-5-3-14-9-4(7(5)11)1-2-6(12)8(9)13/h1-3H. The minimum atomic E-state index is -0.975. The van der Waals surface area contributed by atoms with Crippen molar-refractivity contribution in [1.82, 2.24) is 4.98 Å². The van der Waals surface area contributed by atoms with Gasteiger partial charge in [0.2, 0.25) is 0 Å². The van der Waals surface area contributed by atoms with E-state index in [4.69, 9.17) is 11.6 Å². The average molecular weight is 278 g/mol. The number of hydrogen-bond acceptors (Lipinski definition) is 1. The van der Waals surface area contributed by atoms with Crippen molar-refractivity contribution in [3.63, 3.8) is 0 Å². The summed E-state index contributed by atoms with van der Waals surface area (Å²) >= 11 is 9.02. The summed E-state index contributed by atoms with van der Waals surface area (Å²) in [5.74, 6) is -1.90. The highest BCUT2D eigenvalue weighted by Crippen LogP contribution is 2.30. The van der Waals surface area contributed by atoms with Crippen LogP contribution in [0.2, 0.25) is 5.02 Å². The van der Waals surface area contributed by atoms with E-state index in [9.17, 15) is 8.78 Å². The summed E-state index contributed by atoms with van der Waals surface area (Å²) < 4.78 is 26.6. The smallest absolute Gasteiger partial charge is 0.185 e. The van der Waals surface area contributed by atoms with Crippen molar-refractivity contribution in [2.75, 3.05) is 0 Å². The summed E-state index contributed by atoms with van der Waals surface area (Å²) in [7, 11) is 0. The Kier molecular flexibility index (Phi) is 2.41. The number of rotatable bonds is 0. The number of halogens is 4. The molecule has 14 heavy (non-hydrogen) atoms. The topological polar surface area (TPSA) is 12.9 Å². The van der Waals surface area contributed by atoms with Crippen LogP contribution in [0.1, 0.15) is 0 Å². The fourth-order valence-electron chi connectivity index (χ4n) is 1.15. The molecule has 0 amide bonds. The van der Waals surface area contributed by atoms with E-state index in [1.807, 2.05) is 0 Å². The molecule has 0 atom stereocenters. The van der Waals surface area contributed by atoms with Crippen molar-refractivity contribution in [2.45, 2.75) is 0 Å². The highest BCUT2D eigenvalue weighted by molar-refractivity contribution is 9.10. The van der Waals surface area contributed by atoms with Gasteiger partial charge < -0.3 is 0 Å². The van der Waals surface area contributed by atoms with E-state index >= 15 is 0 Å². The molecule has 0 unspecified atom stereocenters. The van der Waals surface area contributed by atoms with Crippen LogP contribution in [0.25, 0.3) is 10.9 Å². The first kappa shape index (κ1) is 9.80. The van der Waals surface area contributed by atoms with Crippen LogP contribution >= 0.6 is 27.5 Å². The van der Waals surface area contributed by atoms with Gasteiger partial charge in [-0.25, -0.2) is 8.78 Å². The summed E-state index contributed by atoms with van der Waals surface area (Å²) in [6.45, 7) is 0. The zero-order valence-corrected chi connectivity index (χ0v) is 9.03. The Morgan fingerprint density at radius 2 is 2.00 bits per heavy atom. The Morgan fingerprint density at radius 1 is 1.29 bits per heavy atom. The number of pyridine rings is 1. The molecule has 1 nitrogen and oxygen atoms in total. The zero-order valence-electron chi connectivity index (χ0n) is 6.69. The van der Waals surface area contributed by atoms with Crippen LogP contribution in [-0.4, -0.2) is 4.98 Å². The summed E-state index contributed by atoms with van der Waals surface area (Å²) in [4.78, 5) is 3.76. The Hall–Kier alpha value is -0.740. The molecule has 0 aliphatic rings. The maximum absolute atomic E-state index is 13.2. The molecule has 1 aromatic carbocycles. The van der Waals surface area contributed by atoms with Gasteiger partial charge in [0.1, 0.15) is 5.52 Å². The molecule has 0 N–H and O–H groups in total. The van der Waals surface area contributed by atoms with E-state index in [1.54, 1.807) is 0 Å². The number of hydrogen-bond donors (Lipinski definition) is 0. The van der Waals surface area contributed by atoms with Gasteiger partial charge in [-0.15, -0.1) is 0 Å². The molecular weight excluding hydrogens is 275 g/mol. The van der Waals surface area contributed by atoms with Crippen LogP contribution < -0.4 is 0 Å². The molecule has 0 bridgehead atoms.